The van der Waals surface area contributed by atoms with Gasteiger partial charge in [0.2, 0.25) is 0 Å². The van der Waals surface area contributed by atoms with E-state index in [1.165, 1.54) is 12.1 Å². The fourth-order valence-electron chi connectivity index (χ4n) is 1.76. The molecule has 0 aromatic heterocycles. The third-order valence-electron chi connectivity index (χ3n) is 2.83. The van der Waals surface area contributed by atoms with Gasteiger partial charge in [0.05, 0.1) is 12.8 Å². The first-order valence-corrected chi connectivity index (χ1v) is 7.38. The molecule has 2 aromatic rings. The number of anilines is 1. The highest BCUT2D eigenvalue weighted by Crippen LogP contribution is 2.27. The van der Waals surface area contributed by atoms with Crippen molar-refractivity contribution in [2.45, 2.75) is 11.8 Å². The summed E-state index contributed by atoms with van der Waals surface area (Å²) >= 11 is 0. The molecule has 0 amide bonds. The smallest absolute Gasteiger partial charge is 0.265 e. The van der Waals surface area contributed by atoms with Crippen molar-refractivity contribution in [3.8, 4) is 11.5 Å². The first-order chi connectivity index (χ1) is 9.44. The van der Waals surface area contributed by atoms with Crippen LogP contribution in [0.1, 0.15) is 5.56 Å². The molecule has 2 rings (SSSR count). The number of methoxy groups -OCH3 is 1. The van der Waals surface area contributed by atoms with Gasteiger partial charge in [-0.3, -0.25) is 4.72 Å². The molecule has 0 radical (unpaired) electrons. The lowest BCUT2D eigenvalue weighted by molar-refractivity contribution is 0.414. The maximum Gasteiger partial charge on any atom is 0.265 e. The van der Waals surface area contributed by atoms with Crippen molar-refractivity contribution in [3.63, 3.8) is 0 Å². The van der Waals surface area contributed by atoms with Crippen molar-refractivity contribution in [2.75, 3.05) is 11.8 Å². The van der Waals surface area contributed by atoms with E-state index in [4.69, 9.17) is 4.74 Å². The zero-order valence-corrected chi connectivity index (χ0v) is 11.9. The maximum atomic E-state index is 12.2. The fourth-order valence-corrected chi connectivity index (χ4v) is 2.99. The van der Waals surface area contributed by atoms with Crippen LogP contribution in [-0.2, 0) is 10.0 Å². The third-order valence-corrected chi connectivity index (χ3v) is 4.25. The van der Waals surface area contributed by atoms with Crippen LogP contribution in [0.3, 0.4) is 0 Å². The predicted octanol–water partition coefficient (Wildman–Crippen LogP) is 2.51. The lowest BCUT2D eigenvalue weighted by atomic mass is 10.2. The molecule has 0 unspecified atom stereocenters. The Morgan fingerprint density at radius 1 is 1.15 bits per heavy atom. The summed E-state index contributed by atoms with van der Waals surface area (Å²) in [7, 11) is -2.28. The van der Waals surface area contributed by atoms with Gasteiger partial charge in [-0.25, -0.2) is 8.42 Å². The predicted molar refractivity (Wildman–Crippen MR) is 76.6 cm³/mol. The number of phenols is 1. The minimum atomic E-state index is -3.83. The SMILES string of the molecule is COc1ccc(NS(=O)(=O)c2ccccc2O)c(C)c1. The van der Waals surface area contributed by atoms with Crippen LogP contribution >= 0.6 is 0 Å². The van der Waals surface area contributed by atoms with Crippen LogP contribution in [-0.4, -0.2) is 20.6 Å². The number of hydrogen-bond donors (Lipinski definition) is 2. The van der Waals surface area contributed by atoms with Crippen molar-refractivity contribution >= 4 is 15.7 Å². The van der Waals surface area contributed by atoms with Crippen LogP contribution in [0.5, 0.6) is 11.5 Å². The Hall–Kier alpha value is -2.21. The standard InChI is InChI=1S/C14H15NO4S/c1-10-9-11(19-2)7-8-12(10)15-20(17,18)14-6-4-3-5-13(14)16/h3-9,15-16H,1-2H3. The molecule has 106 valence electrons. The van der Waals surface area contributed by atoms with Gasteiger partial charge in [-0.2, -0.15) is 0 Å². The average molecular weight is 293 g/mol. The highest BCUT2D eigenvalue weighted by atomic mass is 32.2. The molecule has 20 heavy (non-hydrogen) atoms. The first-order valence-electron chi connectivity index (χ1n) is 5.89. The van der Waals surface area contributed by atoms with Crippen LogP contribution in [0.25, 0.3) is 0 Å². The lowest BCUT2D eigenvalue weighted by Crippen LogP contribution is -2.13. The van der Waals surface area contributed by atoms with Gasteiger partial charge in [0, 0.05) is 0 Å². The number of para-hydroxylation sites is 1. The van der Waals surface area contributed by atoms with Gasteiger partial charge in [0.15, 0.2) is 0 Å². The highest BCUT2D eigenvalue weighted by molar-refractivity contribution is 7.92. The van der Waals surface area contributed by atoms with Gasteiger partial charge in [-0.1, -0.05) is 12.1 Å². The normalized spacial score (nSPS) is 11.1. The molecule has 0 aliphatic heterocycles. The van der Waals surface area contributed by atoms with Gasteiger partial charge >= 0.3 is 0 Å². The summed E-state index contributed by atoms with van der Waals surface area (Å²) in [6.07, 6.45) is 0. The van der Waals surface area contributed by atoms with Crippen molar-refractivity contribution in [2.24, 2.45) is 0 Å². The molecule has 0 aliphatic carbocycles. The number of hydrogen-bond acceptors (Lipinski definition) is 4. The molecule has 2 aromatic carbocycles. The molecule has 0 atom stereocenters. The van der Waals surface area contributed by atoms with E-state index in [9.17, 15) is 13.5 Å². The number of aryl methyl sites for hydroxylation is 1. The van der Waals surface area contributed by atoms with Gasteiger partial charge in [0.25, 0.3) is 10.0 Å². The number of sulfonamides is 1. The van der Waals surface area contributed by atoms with E-state index in [-0.39, 0.29) is 10.6 Å². The second-order valence-electron chi connectivity index (χ2n) is 4.25. The second kappa shape index (κ2) is 5.42. The van der Waals surface area contributed by atoms with Gasteiger partial charge in [0.1, 0.15) is 16.4 Å². The van der Waals surface area contributed by atoms with Crippen LogP contribution in [0, 0.1) is 6.92 Å². The topological polar surface area (TPSA) is 75.6 Å². The molecule has 2 N–H and O–H groups in total. The molecule has 0 aliphatic rings. The molecule has 0 bridgehead atoms. The molecule has 0 fully saturated rings. The molecule has 0 saturated heterocycles. The Kier molecular flexibility index (Phi) is 3.85. The lowest BCUT2D eigenvalue weighted by Gasteiger charge is -2.12. The number of ether oxygens (including phenoxy) is 1. The number of phenolic OH excluding ortho intramolecular Hbond substituents is 1. The quantitative estimate of drug-likeness (QED) is 0.908. The Balaban J connectivity index is 2.36. The molecular formula is C14H15NO4S. The summed E-state index contributed by atoms with van der Waals surface area (Å²) in [6, 6.07) is 10.8. The Morgan fingerprint density at radius 3 is 2.45 bits per heavy atom. The molecule has 6 heteroatoms. The Labute approximate surface area is 117 Å². The summed E-state index contributed by atoms with van der Waals surface area (Å²) in [5, 5.41) is 9.64. The minimum Gasteiger partial charge on any atom is -0.507 e. The summed E-state index contributed by atoms with van der Waals surface area (Å²) in [5.41, 5.74) is 1.16. The molecular weight excluding hydrogens is 278 g/mol. The first kappa shape index (κ1) is 14.2. The van der Waals surface area contributed by atoms with E-state index in [1.807, 2.05) is 0 Å². The number of benzene rings is 2. The van der Waals surface area contributed by atoms with Crippen molar-refractivity contribution in [1.29, 1.82) is 0 Å². The summed E-state index contributed by atoms with van der Waals surface area (Å²) < 4.78 is 32.0. The number of rotatable bonds is 4. The monoisotopic (exact) mass is 293 g/mol. The largest absolute Gasteiger partial charge is 0.507 e. The van der Waals surface area contributed by atoms with E-state index in [1.54, 1.807) is 44.4 Å². The molecule has 0 spiro atoms. The number of aromatic hydroxyl groups is 1. The van der Waals surface area contributed by atoms with Gasteiger partial charge in [-0.05, 0) is 42.8 Å². The molecule has 0 saturated carbocycles. The number of nitrogens with one attached hydrogen (secondary N) is 1. The Morgan fingerprint density at radius 2 is 1.85 bits per heavy atom. The highest BCUT2D eigenvalue weighted by Gasteiger charge is 2.18. The Bertz CT molecular complexity index is 726. The second-order valence-corrected chi connectivity index (χ2v) is 5.90. The minimum absolute atomic E-state index is 0.157. The van der Waals surface area contributed by atoms with Crippen LogP contribution in [0.15, 0.2) is 47.4 Å². The third kappa shape index (κ3) is 2.85. The van der Waals surface area contributed by atoms with E-state index in [0.29, 0.717) is 11.4 Å². The molecule has 5 nitrogen and oxygen atoms in total. The van der Waals surface area contributed by atoms with Crippen molar-refractivity contribution in [1.82, 2.24) is 0 Å². The summed E-state index contributed by atoms with van der Waals surface area (Å²) in [6.45, 7) is 1.77. The average Bonchev–Trinajstić information content (AvgIpc) is 2.41. The van der Waals surface area contributed by atoms with E-state index < -0.39 is 10.0 Å². The summed E-state index contributed by atoms with van der Waals surface area (Å²) in [5.74, 6) is 0.360. The zero-order chi connectivity index (χ0) is 14.8. The van der Waals surface area contributed by atoms with Crippen molar-refractivity contribution in [3.05, 3.63) is 48.0 Å². The maximum absolute atomic E-state index is 12.2. The van der Waals surface area contributed by atoms with E-state index in [2.05, 4.69) is 4.72 Å². The van der Waals surface area contributed by atoms with E-state index in [0.717, 1.165) is 5.56 Å². The van der Waals surface area contributed by atoms with Gasteiger partial charge in [-0.15, -0.1) is 0 Å². The summed E-state index contributed by atoms with van der Waals surface area (Å²) in [4.78, 5) is -0.157. The van der Waals surface area contributed by atoms with Crippen LogP contribution in [0.4, 0.5) is 5.69 Å². The van der Waals surface area contributed by atoms with Crippen LogP contribution in [0.2, 0.25) is 0 Å². The fraction of sp³-hybridized carbons (Fsp3) is 0.143. The molecule has 0 heterocycles. The van der Waals surface area contributed by atoms with Crippen molar-refractivity contribution < 1.29 is 18.3 Å². The van der Waals surface area contributed by atoms with E-state index >= 15 is 0 Å². The zero-order valence-electron chi connectivity index (χ0n) is 11.1. The van der Waals surface area contributed by atoms with Gasteiger partial charge < -0.3 is 9.84 Å². The van der Waals surface area contributed by atoms with Crippen LogP contribution < -0.4 is 9.46 Å².